The van der Waals surface area contributed by atoms with E-state index in [9.17, 15) is 4.39 Å². The molecule has 0 radical (unpaired) electrons. The number of nitrogens with one attached hydrogen (secondary N) is 1. The van der Waals surface area contributed by atoms with Crippen molar-refractivity contribution in [1.82, 2.24) is 5.32 Å². The second-order valence-corrected chi connectivity index (χ2v) is 7.74. The molecule has 1 heterocycles. The van der Waals surface area contributed by atoms with E-state index in [1.807, 2.05) is 6.07 Å². The summed E-state index contributed by atoms with van der Waals surface area (Å²) in [4.78, 5) is 0. The zero-order valence-electron chi connectivity index (χ0n) is 12.9. The summed E-state index contributed by atoms with van der Waals surface area (Å²) in [6, 6.07) is 7.27. The topological polar surface area (TPSA) is 12.0 Å². The molecule has 0 aromatic heterocycles. The molecular formula is C18H26FN. The molecule has 3 unspecified atom stereocenters. The first-order valence-electron chi connectivity index (χ1n) is 7.89. The lowest BCUT2D eigenvalue weighted by molar-refractivity contribution is 0.108. The largest absolute Gasteiger partial charge is 0.316 e. The number of hydrogen-bond acceptors (Lipinski definition) is 1. The van der Waals surface area contributed by atoms with E-state index >= 15 is 0 Å². The summed E-state index contributed by atoms with van der Waals surface area (Å²) < 4.78 is 13.6. The molecule has 3 atom stereocenters. The van der Waals surface area contributed by atoms with E-state index in [-0.39, 0.29) is 5.82 Å². The van der Waals surface area contributed by atoms with Crippen molar-refractivity contribution in [3.8, 4) is 0 Å². The molecule has 2 fully saturated rings. The van der Waals surface area contributed by atoms with Gasteiger partial charge < -0.3 is 5.32 Å². The maximum absolute atomic E-state index is 13.6. The van der Waals surface area contributed by atoms with Crippen molar-refractivity contribution in [2.75, 3.05) is 13.1 Å². The van der Waals surface area contributed by atoms with Gasteiger partial charge in [0.1, 0.15) is 5.82 Å². The monoisotopic (exact) mass is 275 g/mol. The molecule has 0 amide bonds. The average molecular weight is 275 g/mol. The quantitative estimate of drug-likeness (QED) is 0.803. The first-order chi connectivity index (χ1) is 9.43. The predicted molar refractivity (Wildman–Crippen MR) is 81.2 cm³/mol. The van der Waals surface area contributed by atoms with Crippen molar-refractivity contribution in [3.63, 3.8) is 0 Å². The molecule has 2 heteroatoms. The van der Waals surface area contributed by atoms with Crippen molar-refractivity contribution in [3.05, 3.63) is 35.6 Å². The lowest BCUT2D eigenvalue weighted by Gasteiger charge is -2.46. The van der Waals surface area contributed by atoms with Crippen molar-refractivity contribution < 1.29 is 4.39 Å². The Morgan fingerprint density at radius 1 is 1.30 bits per heavy atom. The van der Waals surface area contributed by atoms with Crippen LogP contribution in [0.25, 0.3) is 0 Å². The van der Waals surface area contributed by atoms with Gasteiger partial charge in [-0.15, -0.1) is 0 Å². The number of rotatable bonds is 1. The number of halogens is 1. The third kappa shape index (κ3) is 2.28. The summed E-state index contributed by atoms with van der Waals surface area (Å²) in [7, 11) is 0. The Labute approximate surface area is 122 Å². The van der Waals surface area contributed by atoms with Crippen LogP contribution < -0.4 is 5.32 Å². The highest BCUT2D eigenvalue weighted by Crippen LogP contribution is 2.61. The molecule has 1 aromatic carbocycles. The summed E-state index contributed by atoms with van der Waals surface area (Å²) in [5, 5.41) is 3.53. The van der Waals surface area contributed by atoms with Gasteiger partial charge in [-0.25, -0.2) is 4.39 Å². The zero-order chi connectivity index (χ0) is 14.4. The van der Waals surface area contributed by atoms with E-state index in [0.717, 1.165) is 13.1 Å². The van der Waals surface area contributed by atoms with Gasteiger partial charge in [0.05, 0.1) is 0 Å². The number of hydrogen-bond donors (Lipinski definition) is 1. The van der Waals surface area contributed by atoms with Crippen molar-refractivity contribution in [2.45, 2.75) is 46.0 Å². The van der Waals surface area contributed by atoms with E-state index in [4.69, 9.17) is 0 Å². The van der Waals surface area contributed by atoms with Gasteiger partial charge >= 0.3 is 0 Å². The lowest BCUT2D eigenvalue weighted by Crippen LogP contribution is -2.45. The van der Waals surface area contributed by atoms with Gasteiger partial charge in [-0.1, -0.05) is 32.9 Å². The first-order valence-corrected chi connectivity index (χ1v) is 7.89. The van der Waals surface area contributed by atoms with E-state index in [0.29, 0.717) is 22.7 Å². The minimum atomic E-state index is -0.104. The molecule has 2 aliphatic rings. The minimum Gasteiger partial charge on any atom is -0.316 e. The second kappa shape index (κ2) is 4.84. The predicted octanol–water partition coefficient (Wildman–Crippen LogP) is 4.35. The molecule has 3 rings (SSSR count). The standard InChI is InChI=1S/C18H26FN/c1-13-10-17(2,3)12-18(13)7-8-20-11-16(18)14-5-4-6-15(19)9-14/h4-6,9,13,16,20H,7-8,10-12H2,1-3H3. The highest BCUT2D eigenvalue weighted by molar-refractivity contribution is 5.26. The summed E-state index contributed by atoms with van der Waals surface area (Å²) in [5.41, 5.74) is 1.95. The average Bonchev–Trinajstić information content (AvgIpc) is 2.60. The highest BCUT2D eigenvalue weighted by atomic mass is 19.1. The van der Waals surface area contributed by atoms with Crippen LogP contribution in [0, 0.1) is 22.6 Å². The minimum absolute atomic E-state index is 0.104. The van der Waals surface area contributed by atoms with Crippen LogP contribution in [0.4, 0.5) is 4.39 Å². The highest BCUT2D eigenvalue weighted by Gasteiger charge is 2.53. The van der Waals surface area contributed by atoms with Gasteiger partial charge in [0.25, 0.3) is 0 Å². The maximum Gasteiger partial charge on any atom is 0.123 e. The van der Waals surface area contributed by atoms with Gasteiger partial charge in [0, 0.05) is 12.5 Å². The van der Waals surface area contributed by atoms with Crippen LogP contribution in [-0.2, 0) is 0 Å². The molecule has 20 heavy (non-hydrogen) atoms. The normalized spacial score (nSPS) is 36.4. The Bertz CT molecular complexity index is 496. The van der Waals surface area contributed by atoms with Gasteiger partial charge in [-0.2, -0.15) is 0 Å². The zero-order valence-corrected chi connectivity index (χ0v) is 12.9. The first kappa shape index (κ1) is 14.1. The summed E-state index contributed by atoms with van der Waals surface area (Å²) in [5.74, 6) is 1.06. The Balaban J connectivity index is 2.00. The molecule has 1 saturated heterocycles. The molecular weight excluding hydrogens is 249 g/mol. The smallest absolute Gasteiger partial charge is 0.123 e. The van der Waals surface area contributed by atoms with E-state index in [1.54, 1.807) is 12.1 Å². The third-order valence-electron chi connectivity index (χ3n) is 5.71. The van der Waals surface area contributed by atoms with Gasteiger partial charge in [-0.05, 0) is 60.3 Å². The molecule has 1 saturated carbocycles. The van der Waals surface area contributed by atoms with Crippen LogP contribution in [0.5, 0.6) is 0 Å². The lowest BCUT2D eigenvalue weighted by atomic mass is 9.62. The molecule has 1 aliphatic heterocycles. The molecule has 0 bridgehead atoms. The molecule has 110 valence electrons. The number of benzene rings is 1. The van der Waals surface area contributed by atoms with Crippen molar-refractivity contribution >= 4 is 0 Å². The summed E-state index contributed by atoms with van der Waals surface area (Å²) in [6.45, 7) is 9.29. The molecule has 1 aromatic rings. The van der Waals surface area contributed by atoms with Crippen LogP contribution in [0.15, 0.2) is 24.3 Å². The van der Waals surface area contributed by atoms with Crippen LogP contribution in [0.3, 0.4) is 0 Å². The van der Waals surface area contributed by atoms with E-state index < -0.39 is 0 Å². The molecule has 1 aliphatic carbocycles. The SMILES string of the molecule is CC1CC(C)(C)CC12CCNCC2c1cccc(F)c1. The third-order valence-corrected chi connectivity index (χ3v) is 5.71. The maximum atomic E-state index is 13.6. The van der Waals surface area contributed by atoms with Crippen LogP contribution in [-0.4, -0.2) is 13.1 Å². The van der Waals surface area contributed by atoms with Crippen LogP contribution in [0.2, 0.25) is 0 Å². The molecule has 1 spiro atoms. The van der Waals surface area contributed by atoms with Crippen molar-refractivity contribution in [2.24, 2.45) is 16.7 Å². The Morgan fingerprint density at radius 2 is 2.10 bits per heavy atom. The van der Waals surface area contributed by atoms with Crippen LogP contribution >= 0.6 is 0 Å². The van der Waals surface area contributed by atoms with E-state index in [2.05, 4.69) is 32.2 Å². The fourth-order valence-corrected chi connectivity index (χ4v) is 5.09. The Hall–Kier alpha value is -0.890. The van der Waals surface area contributed by atoms with Gasteiger partial charge in [-0.3, -0.25) is 0 Å². The van der Waals surface area contributed by atoms with Crippen molar-refractivity contribution in [1.29, 1.82) is 0 Å². The summed E-state index contributed by atoms with van der Waals surface area (Å²) >= 11 is 0. The van der Waals surface area contributed by atoms with Gasteiger partial charge in [0.2, 0.25) is 0 Å². The molecule has 1 nitrogen and oxygen atoms in total. The summed E-state index contributed by atoms with van der Waals surface area (Å²) in [6.07, 6.45) is 3.78. The number of piperidine rings is 1. The Kier molecular flexibility index (Phi) is 3.40. The molecule has 1 N–H and O–H groups in total. The fourth-order valence-electron chi connectivity index (χ4n) is 5.09. The van der Waals surface area contributed by atoms with E-state index in [1.165, 1.54) is 24.8 Å². The Morgan fingerprint density at radius 3 is 2.75 bits per heavy atom. The fraction of sp³-hybridized carbons (Fsp3) is 0.667. The van der Waals surface area contributed by atoms with Gasteiger partial charge in [0.15, 0.2) is 0 Å². The second-order valence-electron chi connectivity index (χ2n) is 7.74. The van der Waals surface area contributed by atoms with Crippen LogP contribution in [0.1, 0.15) is 51.5 Å².